The zero-order valence-electron chi connectivity index (χ0n) is 16.7. The summed E-state index contributed by atoms with van der Waals surface area (Å²) in [6, 6.07) is 12.7. The minimum Gasteiger partial charge on any atom is -0.414 e. The first-order chi connectivity index (χ1) is 15.5. The summed E-state index contributed by atoms with van der Waals surface area (Å²) >= 11 is 1.21. The minimum absolute atomic E-state index is 0.175. The van der Waals surface area contributed by atoms with E-state index in [1.165, 1.54) is 15.6 Å². The molecule has 0 unspecified atom stereocenters. The Hall–Kier alpha value is -3.41. The van der Waals surface area contributed by atoms with E-state index < -0.39 is 10.0 Å². The van der Waals surface area contributed by atoms with E-state index in [0.29, 0.717) is 34.5 Å². The van der Waals surface area contributed by atoms with Gasteiger partial charge in [-0.15, -0.1) is 21.5 Å². The van der Waals surface area contributed by atoms with Crippen molar-refractivity contribution in [1.82, 2.24) is 24.5 Å². The van der Waals surface area contributed by atoms with Gasteiger partial charge in [-0.05, 0) is 35.6 Å². The van der Waals surface area contributed by atoms with Crippen molar-refractivity contribution in [3.8, 4) is 23.0 Å². The lowest BCUT2D eigenvalue weighted by Crippen LogP contribution is -2.34. The van der Waals surface area contributed by atoms with Crippen LogP contribution in [0, 0.1) is 0 Å². The van der Waals surface area contributed by atoms with Crippen LogP contribution in [0.2, 0.25) is 0 Å². The van der Waals surface area contributed by atoms with E-state index in [2.05, 4.69) is 20.2 Å². The maximum Gasteiger partial charge on any atom is 0.270 e. The topological polar surface area (TPSA) is 128 Å². The number of hydrogen-bond acceptors (Lipinski definition) is 9. The van der Waals surface area contributed by atoms with Gasteiger partial charge < -0.3 is 10.2 Å². The molecule has 11 heteroatoms. The summed E-state index contributed by atoms with van der Waals surface area (Å²) in [5, 5.41) is 9.91. The third-order valence-corrected chi connectivity index (χ3v) is 8.28. The Kier molecular flexibility index (Phi) is 5.29. The van der Waals surface area contributed by atoms with Crippen LogP contribution in [0.3, 0.4) is 0 Å². The molecular weight excluding hydrogens is 448 g/mol. The van der Waals surface area contributed by atoms with Crippen molar-refractivity contribution in [3.63, 3.8) is 0 Å². The predicted molar refractivity (Wildman–Crippen MR) is 121 cm³/mol. The number of thiophene rings is 1. The predicted octanol–water partition coefficient (Wildman–Crippen LogP) is 3.32. The van der Waals surface area contributed by atoms with Crippen LogP contribution in [0.15, 0.2) is 68.7 Å². The number of anilines is 1. The van der Waals surface area contributed by atoms with Gasteiger partial charge in [-0.2, -0.15) is 4.31 Å². The molecule has 1 aromatic carbocycles. The number of benzene rings is 1. The van der Waals surface area contributed by atoms with Gasteiger partial charge in [0.2, 0.25) is 5.89 Å². The molecule has 2 N–H and O–H groups in total. The van der Waals surface area contributed by atoms with Crippen molar-refractivity contribution in [3.05, 3.63) is 65.8 Å². The molecule has 0 saturated heterocycles. The first-order valence-electron chi connectivity index (χ1n) is 9.77. The molecule has 0 radical (unpaired) electrons. The summed E-state index contributed by atoms with van der Waals surface area (Å²) in [5.74, 6) is 0.711. The maximum absolute atomic E-state index is 12.7. The Labute approximate surface area is 188 Å². The lowest BCUT2D eigenvalue weighted by Gasteiger charge is -2.25. The van der Waals surface area contributed by atoms with Crippen molar-refractivity contribution < 1.29 is 12.8 Å². The first-order valence-corrected chi connectivity index (χ1v) is 12.1. The largest absolute Gasteiger partial charge is 0.414 e. The second-order valence-electron chi connectivity index (χ2n) is 7.04. The molecule has 1 aliphatic rings. The van der Waals surface area contributed by atoms with Crippen molar-refractivity contribution in [2.24, 2.45) is 0 Å². The lowest BCUT2D eigenvalue weighted by atomic mass is 10.1. The number of aromatic nitrogens is 4. The van der Waals surface area contributed by atoms with E-state index in [-0.39, 0.29) is 18.3 Å². The zero-order valence-corrected chi connectivity index (χ0v) is 18.4. The molecular formula is C21H18N6O3S2. The molecule has 3 aromatic heterocycles. The summed E-state index contributed by atoms with van der Waals surface area (Å²) < 4.78 is 33.0. The summed E-state index contributed by atoms with van der Waals surface area (Å²) in [7, 11) is -3.49. The van der Waals surface area contributed by atoms with Crippen molar-refractivity contribution >= 4 is 32.8 Å². The van der Waals surface area contributed by atoms with Crippen LogP contribution < -0.4 is 5.73 Å². The second kappa shape index (κ2) is 8.26. The van der Waals surface area contributed by atoms with E-state index in [9.17, 15) is 8.42 Å². The Bertz CT molecular complexity index is 1380. The molecule has 5 rings (SSSR count). The number of nitrogens with two attached hydrogens (primary N) is 1. The summed E-state index contributed by atoms with van der Waals surface area (Å²) in [4.78, 5) is 8.83. The fourth-order valence-corrected chi connectivity index (χ4v) is 5.89. The van der Waals surface area contributed by atoms with E-state index in [1.807, 2.05) is 36.4 Å². The fraction of sp³-hybridized carbons (Fsp3) is 0.143. The van der Waals surface area contributed by atoms with Gasteiger partial charge in [0.1, 0.15) is 4.21 Å². The van der Waals surface area contributed by atoms with Crippen LogP contribution in [-0.4, -0.2) is 46.0 Å². The average molecular weight is 467 g/mol. The number of sulfonamides is 1. The second-order valence-corrected chi connectivity index (χ2v) is 10.2. The van der Waals surface area contributed by atoms with E-state index in [0.717, 1.165) is 11.1 Å². The minimum atomic E-state index is -3.49. The SMILES string of the molecule is Nc1ncc(C2=CCN(S(=O)(=O)c3cccs3)CC2)nc1-c1nnc(-c2ccccc2)o1. The number of hydrogen-bond donors (Lipinski definition) is 1. The van der Waals surface area contributed by atoms with Crippen LogP contribution in [0.5, 0.6) is 0 Å². The Morgan fingerprint density at radius 3 is 2.59 bits per heavy atom. The van der Waals surface area contributed by atoms with Gasteiger partial charge in [-0.3, -0.25) is 0 Å². The molecule has 32 heavy (non-hydrogen) atoms. The Morgan fingerprint density at radius 1 is 1.06 bits per heavy atom. The van der Waals surface area contributed by atoms with E-state index >= 15 is 0 Å². The normalized spacial score (nSPS) is 14.9. The standard InChI is InChI=1S/C21H18N6O3S2/c22-19-18(21-26-25-20(30-21)15-5-2-1-3-6-15)24-16(13-23-19)14-8-10-27(11-9-14)32(28,29)17-7-4-12-31-17/h1-8,12-13H,9-11H2,(H2,22,23). The highest BCUT2D eigenvalue weighted by Crippen LogP contribution is 2.30. The van der Waals surface area contributed by atoms with Crippen molar-refractivity contribution in [1.29, 1.82) is 0 Å². The third kappa shape index (κ3) is 3.81. The number of nitrogens with zero attached hydrogens (tertiary/aromatic N) is 5. The summed E-state index contributed by atoms with van der Waals surface area (Å²) in [6.45, 7) is 0.613. The van der Waals surface area contributed by atoms with Crippen molar-refractivity contribution in [2.45, 2.75) is 10.6 Å². The molecule has 9 nitrogen and oxygen atoms in total. The van der Waals surface area contributed by atoms with Crippen LogP contribution in [0.4, 0.5) is 5.82 Å². The monoisotopic (exact) mass is 466 g/mol. The molecule has 162 valence electrons. The van der Waals surface area contributed by atoms with E-state index in [1.54, 1.807) is 23.7 Å². The van der Waals surface area contributed by atoms with E-state index in [4.69, 9.17) is 10.2 Å². The fourth-order valence-electron chi connectivity index (χ4n) is 3.37. The highest BCUT2D eigenvalue weighted by atomic mass is 32.2. The number of rotatable bonds is 5. The molecule has 4 aromatic rings. The van der Waals surface area contributed by atoms with Crippen molar-refractivity contribution in [2.75, 3.05) is 18.8 Å². The lowest BCUT2D eigenvalue weighted by molar-refractivity contribution is 0.442. The van der Waals surface area contributed by atoms with Gasteiger partial charge in [0, 0.05) is 18.7 Å². The molecule has 0 aliphatic carbocycles. The average Bonchev–Trinajstić information content (AvgIpc) is 3.53. The molecule has 4 heterocycles. The van der Waals surface area contributed by atoms with Gasteiger partial charge in [0.25, 0.3) is 15.9 Å². The molecule has 0 amide bonds. The van der Waals surface area contributed by atoms with Gasteiger partial charge in [0.05, 0.1) is 11.9 Å². The zero-order chi connectivity index (χ0) is 22.1. The quantitative estimate of drug-likeness (QED) is 0.474. The molecule has 0 saturated carbocycles. The Morgan fingerprint density at radius 2 is 1.88 bits per heavy atom. The van der Waals surface area contributed by atoms with Gasteiger partial charge >= 0.3 is 0 Å². The highest BCUT2D eigenvalue weighted by Gasteiger charge is 2.28. The van der Waals surface area contributed by atoms with Crippen LogP contribution in [0.25, 0.3) is 28.6 Å². The molecule has 0 atom stereocenters. The van der Waals surface area contributed by atoms with Gasteiger partial charge in [-0.1, -0.05) is 30.3 Å². The molecule has 0 bridgehead atoms. The maximum atomic E-state index is 12.7. The summed E-state index contributed by atoms with van der Waals surface area (Å²) in [5.41, 5.74) is 8.60. The smallest absolute Gasteiger partial charge is 0.270 e. The van der Waals surface area contributed by atoms with Crippen LogP contribution in [0.1, 0.15) is 12.1 Å². The third-order valence-electron chi connectivity index (χ3n) is 5.04. The summed E-state index contributed by atoms with van der Waals surface area (Å²) in [6.07, 6.45) is 3.92. The highest BCUT2D eigenvalue weighted by molar-refractivity contribution is 7.91. The Balaban J connectivity index is 1.40. The number of nitrogen functional groups attached to an aromatic ring is 1. The molecule has 0 spiro atoms. The van der Waals surface area contributed by atoms with Crippen LogP contribution >= 0.6 is 11.3 Å². The van der Waals surface area contributed by atoms with Gasteiger partial charge in [-0.25, -0.2) is 18.4 Å². The molecule has 0 fully saturated rings. The first kappa shape index (κ1) is 20.5. The van der Waals surface area contributed by atoms with Crippen LogP contribution in [-0.2, 0) is 10.0 Å². The van der Waals surface area contributed by atoms with Gasteiger partial charge in [0.15, 0.2) is 11.5 Å². The molecule has 1 aliphatic heterocycles.